The third kappa shape index (κ3) is 5.09. The Morgan fingerprint density at radius 1 is 1.19 bits per heavy atom. The fourth-order valence-electron chi connectivity index (χ4n) is 4.43. The Morgan fingerprint density at radius 2 is 2.00 bits per heavy atom. The van der Waals surface area contributed by atoms with Crippen molar-refractivity contribution in [3.8, 4) is 11.5 Å². The highest BCUT2D eigenvalue weighted by molar-refractivity contribution is 7.71. The Kier molecular flexibility index (Phi) is 7.24. The summed E-state index contributed by atoms with van der Waals surface area (Å²) in [5.74, 6) is 1.25. The smallest absolute Gasteiger partial charge is 0.410 e. The minimum absolute atomic E-state index is 0.204. The third-order valence-electron chi connectivity index (χ3n) is 6.36. The van der Waals surface area contributed by atoms with E-state index in [-0.39, 0.29) is 35.6 Å². The summed E-state index contributed by atoms with van der Waals surface area (Å²) < 4.78 is 18.0. The molecule has 0 aliphatic carbocycles. The normalized spacial score (nSPS) is 15.2. The fourth-order valence-corrected chi connectivity index (χ4v) is 5.85. The molecule has 9 nitrogen and oxygen atoms in total. The number of likely N-dealkylation sites (tertiary alicyclic amines) is 1. The number of aromatic nitrogens is 3. The number of methoxy groups -OCH3 is 2. The zero-order valence-corrected chi connectivity index (χ0v) is 22.1. The van der Waals surface area contributed by atoms with Gasteiger partial charge < -0.3 is 19.2 Å². The number of ether oxygens (including phenoxy) is 3. The summed E-state index contributed by atoms with van der Waals surface area (Å²) in [5, 5.41) is 0.687. The number of nitrogens with one attached hydrogen (secondary N) is 1. The molecule has 1 aliphatic rings. The van der Waals surface area contributed by atoms with E-state index >= 15 is 0 Å². The Balaban J connectivity index is 1.40. The zero-order chi connectivity index (χ0) is 25.9. The first-order valence-corrected chi connectivity index (χ1v) is 13.0. The number of amides is 1. The first-order valence-electron chi connectivity index (χ1n) is 11.8. The molecule has 0 bridgehead atoms. The highest BCUT2D eigenvalue weighted by atomic mass is 32.1. The number of benzene rings is 2. The second-order valence-corrected chi connectivity index (χ2v) is 10.0. The summed E-state index contributed by atoms with van der Waals surface area (Å²) >= 11 is 6.87. The molecule has 2 aromatic heterocycles. The van der Waals surface area contributed by atoms with Gasteiger partial charge in [-0.3, -0.25) is 14.3 Å². The van der Waals surface area contributed by atoms with Crippen molar-refractivity contribution in [2.24, 2.45) is 0 Å². The monoisotopic (exact) mass is 538 g/mol. The largest absolute Gasteiger partial charge is 0.497 e. The molecule has 5 rings (SSSR count). The van der Waals surface area contributed by atoms with Gasteiger partial charge in [0.15, 0.2) is 10.3 Å². The van der Waals surface area contributed by atoms with E-state index in [1.807, 2.05) is 36.4 Å². The van der Waals surface area contributed by atoms with Crippen molar-refractivity contribution < 1.29 is 19.0 Å². The van der Waals surface area contributed by atoms with E-state index in [1.54, 1.807) is 31.3 Å². The number of hydrogen-bond acceptors (Lipinski definition) is 8. The molecule has 0 saturated carbocycles. The summed E-state index contributed by atoms with van der Waals surface area (Å²) in [6, 6.07) is 14.7. The van der Waals surface area contributed by atoms with Crippen LogP contribution in [0.25, 0.3) is 10.3 Å². The van der Waals surface area contributed by atoms with Gasteiger partial charge in [-0.15, -0.1) is 0 Å². The minimum atomic E-state index is -0.387. The molecule has 1 saturated heterocycles. The van der Waals surface area contributed by atoms with Crippen molar-refractivity contribution in [1.29, 1.82) is 0 Å². The van der Waals surface area contributed by atoms with Crippen molar-refractivity contribution >= 4 is 40.0 Å². The van der Waals surface area contributed by atoms with Crippen molar-refractivity contribution in [2.75, 3.05) is 20.8 Å². The fraction of sp³-hybridized carbons (Fsp3) is 0.308. The summed E-state index contributed by atoms with van der Waals surface area (Å²) in [7, 11) is 3.15. The topological polar surface area (TPSA) is 98.7 Å². The van der Waals surface area contributed by atoms with E-state index in [9.17, 15) is 9.59 Å². The molecule has 1 fully saturated rings. The number of thiazole rings is 1. The second-order valence-electron chi connectivity index (χ2n) is 8.62. The maximum atomic E-state index is 13.4. The molecule has 0 radical (unpaired) electrons. The van der Waals surface area contributed by atoms with Gasteiger partial charge in [0.05, 0.1) is 26.8 Å². The van der Waals surface area contributed by atoms with Crippen molar-refractivity contribution in [2.45, 2.75) is 32.0 Å². The van der Waals surface area contributed by atoms with Gasteiger partial charge in [0, 0.05) is 18.2 Å². The van der Waals surface area contributed by atoms with Crippen molar-refractivity contribution in [1.82, 2.24) is 19.4 Å². The average Bonchev–Trinajstić information content (AvgIpc) is 3.58. The quantitative estimate of drug-likeness (QED) is 0.329. The van der Waals surface area contributed by atoms with Crippen LogP contribution in [-0.2, 0) is 17.9 Å². The molecular formula is C26H26N4O5S2. The number of fused-ring (bicyclic) bond motifs is 1. The molecule has 1 atom stereocenters. The van der Waals surface area contributed by atoms with Crippen LogP contribution in [0, 0.1) is 4.77 Å². The number of nitrogens with zero attached hydrogens (tertiary/aromatic N) is 3. The lowest BCUT2D eigenvalue weighted by Crippen LogP contribution is -2.31. The summed E-state index contributed by atoms with van der Waals surface area (Å²) in [5.41, 5.74) is 1.71. The molecule has 1 unspecified atom stereocenters. The molecular weight excluding hydrogens is 512 g/mol. The van der Waals surface area contributed by atoms with Gasteiger partial charge in [0.1, 0.15) is 27.9 Å². The van der Waals surface area contributed by atoms with E-state index in [0.29, 0.717) is 33.4 Å². The molecule has 1 aliphatic heterocycles. The number of aromatic amines is 1. The molecule has 192 valence electrons. The maximum absolute atomic E-state index is 13.4. The highest BCUT2D eigenvalue weighted by Crippen LogP contribution is 2.36. The van der Waals surface area contributed by atoms with Crippen LogP contribution in [0.3, 0.4) is 0 Å². The van der Waals surface area contributed by atoms with E-state index in [4.69, 9.17) is 26.4 Å². The first kappa shape index (κ1) is 25.0. The van der Waals surface area contributed by atoms with E-state index < -0.39 is 0 Å². The van der Waals surface area contributed by atoms with Gasteiger partial charge in [-0.1, -0.05) is 41.7 Å². The SMILES string of the molecule is COc1ccc(Cn2c(=S)[nH]c3sc(C4CCCN4C(=O)OCc4ccccc4)nc3c2=O)c(OC)c1. The van der Waals surface area contributed by atoms with Gasteiger partial charge in [-0.05, 0) is 42.8 Å². The average molecular weight is 539 g/mol. The first-order chi connectivity index (χ1) is 18.0. The molecule has 1 amide bonds. The number of carbonyl (C=O) groups is 1. The van der Waals surface area contributed by atoms with Gasteiger partial charge >= 0.3 is 6.09 Å². The van der Waals surface area contributed by atoms with Crippen LogP contribution in [0.1, 0.15) is 35.0 Å². The van der Waals surface area contributed by atoms with Gasteiger partial charge in [0.25, 0.3) is 5.56 Å². The molecule has 4 aromatic rings. The molecule has 3 heterocycles. The predicted molar refractivity (Wildman–Crippen MR) is 143 cm³/mol. The Morgan fingerprint density at radius 3 is 2.76 bits per heavy atom. The molecule has 1 N–H and O–H groups in total. The highest BCUT2D eigenvalue weighted by Gasteiger charge is 2.34. The van der Waals surface area contributed by atoms with E-state index in [0.717, 1.165) is 24.0 Å². The van der Waals surface area contributed by atoms with Crippen molar-refractivity contribution in [3.05, 3.63) is 79.8 Å². The van der Waals surface area contributed by atoms with Crippen LogP contribution in [0.5, 0.6) is 11.5 Å². The van der Waals surface area contributed by atoms with Crippen LogP contribution < -0.4 is 15.0 Å². The third-order valence-corrected chi connectivity index (χ3v) is 7.75. The number of rotatable bonds is 7. The lowest BCUT2D eigenvalue weighted by Gasteiger charge is -2.22. The summed E-state index contributed by atoms with van der Waals surface area (Å²) in [6.07, 6.45) is 1.19. The number of hydrogen-bond donors (Lipinski definition) is 1. The summed E-state index contributed by atoms with van der Waals surface area (Å²) in [4.78, 5) is 36.4. The molecule has 11 heteroatoms. The van der Waals surface area contributed by atoms with E-state index in [2.05, 4.69) is 9.97 Å². The van der Waals surface area contributed by atoms with Gasteiger partial charge in [0.2, 0.25) is 0 Å². The van der Waals surface area contributed by atoms with Crippen LogP contribution in [-0.4, -0.2) is 46.3 Å². The number of carbonyl (C=O) groups excluding carboxylic acids is 1. The zero-order valence-electron chi connectivity index (χ0n) is 20.4. The molecule has 37 heavy (non-hydrogen) atoms. The Labute approximate surface area is 222 Å². The van der Waals surface area contributed by atoms with Crippen LogP contribution in [0.4, 0.5) is 4.79 Å². The Hall–Kier alpha value is -3.70. The van der Waals surface area contributed by atoms with Gasteiger partial charge in [-0.2, -0.15) is 0 Å². The van der Waals surface area contributed by atoms with Crippen LogP contribution in [0.15, 0.2) is 53.3 Å². The van der Waals surface area contributed by atoms with Crippen LogP contribution in [0.2, 0.25) is 0 Å². The van der Waals surface area contributed by atoms with E-state index in [1.165, 1.54) is 15.9 Å². The maximum Gasteiger partial charge on any atom is 0.410 e. The standard InChI is InChI=1S/C26H26N4O5S2/c1-33-18-11-10-17(20(13-18)34-2)14-30-24(31)21-23(28-25(30)36)37-22(27-21)19-9-6-12-29(19)26(32)35-15-16-7-4-3-5-8-16/h3-5,7-8,10-11,13,19H,6,9,12,14-15H2,1-2H3,(H,28,36). The lowest BCUT2D eigenvalue weighted by molar-refractivity contribution is 0.0920. The lowest BCUT2D eigenvalue weighted by atomic mass is 10.2. The van der Waals surface area contributed by atoms with Gasteiger partial charge in [-0.25, -0.2) is 9.78 Å². The number of H-pyrrole nitrogens is 1. The minimum Gasteiger partial charge on any atom is -0.497 e. The molecule has 2 aromatic carbocycles. The van der Waals surface area contributed by atoms with Crippen molar-refractivity contribution in [3.63, 3.8) is 0 Å². The summed E-state index contributed by atoms with van der Waals surface area (Å²) in [6.45, 7) is 0.993. The molecule has 0 spiro atoms. The van der Waals surface area contributed by atoms with Crippen LogP contribution >= 0.6 is 23.6 Å². The second kappa shape index (κ2) is 10.7. The predicted octanol–water partition coefficient (Wildman–Crippen LogP) is 5.05. The Bertz CT molecular complexity index is 1550.